The zero-order chi connectivity index (χ0) is 15.3. The third kappa shape index (κ3) is 3.94. The van der Waals surface area contributed by atoms with Crippen molar-refractivity contribution in [3.05, 3.63) is 29.6 Å². The van der Waals surface area contributed by atoms with Crippen molar-refractivity contribution in [1.82, 2.24) is 0 Å². The number of nitrogens with one attached hydrogen (secondary N) is 1. The Morgan fingerprint density at radius 3 is 2.55 bits per heavy atom. The van der Waals surface area contributed by atoms with Gasteiger partial charge in [0.2, 0.25) is 0 Å². The number of methoxy groups -OCH3 is 1. The molecule has 0 radical (unpaired) electrons. The first-order chi connectivity index (χ1) is 9.36. The summed E-state index contributed by atoms with van der Waals surface area (Å²) in [4.78, 5) is 23.0. The SMILES string of the molecule is COC(=O)C(CC(C)C)Nc1cccc(F)c1C(N)=O. The van der Waals surface area contributed by atoms with Crippen molar-refractivity contribution in [2.45, 2.75) is 26.3 Å². The zero-order valence-electron chi connectivity index (χ0n) is 11.8. The Labute approximate surface area is 117 Å². The number of primary amides is 1. The third-order valence-corrected chi connectivity index (χ3v) is 2.78. The van der Waals surface area contributed by atoms with E-state index < -0.39 is 23.7 Å². The Morgan fingerprint density at radius 1 is 1.40 bits per heavy atom. The van der Waals surface area contributed by atoms with Gasteiger partial charge in [-0.1, -0.05) is 19.9 Å². The van der Waals surface area contributed by atoms with Crippen molar-refractivity contribution >= 4 is 17.6 Å². The maximum Gasteiger partial charge on any atom is 0.328 e. The van der Waals surface area contributed by atoms with Crippen LogP contribution in [-0.2, 0) is 9.53 Å². The first kappa shape index (κ1) is 15.9. The van der Waals surface area contributed by atoms with E-state index in [-0.39, 0.29) is 17.2 Å². The van der Waals surface area contributed by atoms with Gasteiger partial charge in [0.15, 0.2) is 0 Å². The van der Waals surface area contributed by atoms with Crippen LogP contribution in [0.3, 0.4) is 0 Å². The van der Waals surface area contributed by atoms with Gasteiger partial charge in [0.25, 0.3) is 5.91 Å². The minimum Gasteiger partial charge on any atom is -0.467 e. The molecule has 0 saturated carbocycles. The topological polar surface area (TPSA) is 81.4 Å². The van der Waals surface area contributed by atoms with Crippen LogP contribution in [0.5, 0.6) is 0 Å². The van der Waals surface area contributed by atoms with Crippen LogP contribution in [0.25, 0.3) is 0 Å². The maximum atomic E-state index is 13.6. The molecule has 1 aromatic carbocycles. The monoisotopic (exact) mass is 282 g/mol. The van der Waals surface area contributed by atoms with Crippen LogP contribution in [0.15, 0.2) is 18.2 Å². The number of nitrogens with two attached hydrogens (primary N) is 1. The van der Waals surface area contributed by atoms with Gasteiger partial charge in [0, 0.05) is 0 Å². The lowest BCUT2D eigenvalue weighted by atomic mass is 10.0. The van der Waals surface area contributed by atoms with Crippen molar-refractivity contribution < 1.29 is 18.7 Å². The number of benzene rings is 1. The van der Waals surface area contributed by atoms with Crippen molar-refractivity contribution in [3.63, 3.8) is 0 Å². The molecule has 1 unspecified atom stereocenters. The maximum absolute atomic E-state index is 13.6. The van der Waals surface area contributed by atoms with Gasteiger partial charge < -0.3 is 15.8 Å². The van der Waals surface area contributed by atoms with Crippen molar-refractivity contribution in [1.29, 1.82) is 0 Å². The Morgan fingerprint density at radius 2 is 2.05 bits per heavy atom. The van der Waals surface area contributed by atoms with Gasteiger partial charge in [-0.05, 0) is 24.5 Å². The van der Waals surface area contributed by atoms with E-state index in [1.807, 2.05) is 13.8 Å². The number of esters is 1. The fourth-order valence-corrected chi connectivity index (χ4v) is 1.91. The lowest BCUT2D eigenvalue weighted by Crippen LogP contribution is -2.33. The summed E-state index contributed by atoms with van der Waals surface area (Å²) in [7, 11) is 1.28. The molecule has 1 amide bonds. The molecule has 0 bridgehead atoms. The molecule has 0 aliphatic carbocycles. The van der Waals surface area contributed by atoms with E-state index in [0.717, 1.165) is 6.07 Å². The molecule has 5 nitrogen and oxygen atoms in total. The third-order valence-electron chi connectivity index (χ3n) is 2.78. The number of hydrogen-bond acceptors (Lipinski definition) is 4. The highest BCUT2D eigenvalue weighted by Gasteiger charge is 2.23. The summed E-state index contributed by atoms with van der Waals surface area (Å²) >= 11 is 0. The standard InChI is InChI=1S/C14H19FN2O3/c1-8(2)7-11(14(19)20-3)17-10-6-4-5-9(15)12(10)13(16)18/h4-6,8,11,17H,7H2,1-3H3,(H2,16,18). The Bertz CT molecular complexity index is 503. The van der Waals surface area contributed by atoms with Gasteiger partial charge >= 0.3 is 5.97 Å². The van der Waals surface area contributed by atoms with E-state index in [4.69, 9.17) is 10.5 Å². The largest absolute Gasteiger partial charge is 0.467 e. The summed E-state index contributed by atoms with van der Waals surface area (Å²) in [5.74, 6) is -1.87. The average molecular weight is 282 g/mol. The lowest BCUT2D eigenvalue weighted by Gasteiger charge is -2.20. The summed E-state index contributed by atoms with van der Waals surface area (Å²) in [6, 6.07) is 3.41. The summed E-state index contributed by atoms with van der Waals surface area (Å²) in [6.07, 6.45) is 0.487. The molecule has 3 N–H and O–H groups in total. The highest BCUT2D eigenvalue weighted by Crippen LogP contribution is 2.21. The Hall–Kier alpha value is -2.11. The van der Waals surface area contributed by atoms with E-state index in [1.165, 1.54) is 19.2 Å². The van der Waals surface area contributed by atoms with Gasteiger partial charge in [0.05, 0.1) is 18.4 Å². The number of rotatable bonds is 6. The fraction of sp³-hybridized carbons (Fsp3) is 0.429. The Balaban J connectivity index is 3.08. The van der Waals surface area contributed by atoms with E-state index in [1.54, 1.807) is 0 Å². The second-order valence-corrected chi connectivity index (χ2v) is 4.88. The molecule has 6 heteroatoms. The van der Waals surface area contributed by atoms with Crippen molar-refractivity contribution in [3.8, 4) is 0 Å². The van der Waals surface area contributed by atoms with E-state index >= 15 is 0 Å². The van der Waals surface area contributed by atoms with Crippen LogP contribution in [0.4, 0.5) is 10.1 Å². The number of amides is 1. The molecule has 0 spiro atoms. The average Bonchev–Trinajstić information content (AvgIpc) is 2.36. The normalized spacial score (nSPS) is 12.1. The molecule has 1 atom stereocenters. The number of hydrogen-bond donors (Lipinski definition) is 2. The molecule has 0 aromatic heterocycles. The van der Waals surface area contributed by atoms with Gasteiger partial charge in [0.1, 0.15) is 11.9 Å². The predicted molar refractivity (Wildman–Crippen MR) is 73.8 cm³/mol. The molecular formula is C14H19FN2O3. The lowest BCUT2D eigenvalue weighted by molar-refractivity contribution is -0.141. The van der Waals surface area contributed by atoms with E-state index in [2.05, 4.69) is 5.32 Å². The fourth-order valence-electron chi connectivity index (χ4n) is 1.91. The highest BCUT2D eigenvalue weighted by molar-refractivity contribution is 5.99. The van der Waals surface area contributed by atoms with Crippen LogP contribution in [0, 0.1) is 11.7 Å². The van der Waals surface area contributed by atoms with Crippen LogP contribution < -0.4 is 11.1 Å². The molecule has 0 aliphatic heterocycles. The predicted octanol–water partition coefficient (Wildman–Crippen LogP) is 1.92. The van der Waals surface area contributed by atoms with E-state index in [0.29, 0.717) is 6.42 Å². The highest BCUT2D eigenvalue weighted by atomic mass is 19.1. The minimum absolute atomic E-state index is 0.188. The van der Waals surface area contributed by atoms with Gasteiger partial charge in [-0.3, -0.25) is 4.79 Å². The zero-order valence-corrected chi connectivity index (χ0v) is 11.8. The Kier molecular flexibility index (Phi) is 5.49. The first-order valence-corrected chi connectivity index (χ1v) is 6.29. The van der Waals surface area contributed by atoms with Crippen LogP contribution in [-0.4, -0.2) is 25.0 Å². The molecule has 1 rings (SSSR count). The molecular weight excluding hydrogens is 263 g/mol. The van der Waals surface area contributed by atoms with Crippen molar-refractivity contribution in [2.24, 2.45) is 11.7 Å². The first-order valence-electron chi connectivity index (χ1n) is 6.29. The second kappa shape index (κ2) is 6.88. The smallest absolute Gasteiger partial charge is 0.328 e. The molecule has 0 fully saturated rings. The van der Waals surface area contributed by atoms with Crippen LogP contribution in [0.2, 0.25) is 0 Å². The van der Waals surface area contributed by atoms with Gasteiger partial charge in [-0.15, -0.1) is 0 Å². The van der Waals surface area contributed by atoms with Gasteiger partial charge in [-0.2, -0.15) is 0 Å². The number of halogens is 1. The molecule has 20 heavy (non-hydrogen) atoms. The molecule has 0 aliphatic rings. The quantitative estimate of drug-likeness (QED) is 0.781. The van der Waals surface area contributed by atoms with Crippen molar-refractivity contribution in [2.75, 3.05) is 12.4 Å². The van der Waals surface area contributed by atoms with Gasteiger partial charge in [-0.25, -0.2) is 9.18 Å². The summed E-state index contributed by atoms with van der Waals surface area (Å²) < 4.78 is 18.3. The number of carbonyl (C=O) groups is 2. The number of anilines is 1. The molecule has 110 valence electrons. The molecule has 1 aromatic rings. The number of ether oxygens (including phenoxy) is 1. The number of carbonyl (C=O) groups excluding carboxylic acids is 2. The summed E-state index contributed by atoms with van der Waals surface area (Å²) in [6.45, 7) is 3.89. The summed E-state index contributed by atoms with van der Waals surface area (Å²) in [5.41, 5.74) is 5.10. The summed E-state index contributed by atoms with van der Waals surface area (Å²) in [5, 5.41) is 2.84. The van der Waals surface area contributed by atoms with Crippen LogP contribution >= 0.6 is 0 Å². The minimum atomic E-state index is -0.890. The van der Waals surface area contributed by atoms with Crippen LogP contribution in [0.1, 0.15) is 30.6 Å². The van der Waals surface area contributed by atoms with E-state index in [9.17, 15) is 14.0 Å². The second-order valence-electron chi connectivity index (χ2n) is 4.88. The molecule has 0 saturated heterocycles. The molecule has 0 heterocycles.